The number of nitrogens with zero attached hydrogens (tertiary/aromatic N) is 3. The quantitative estimate of drug-likeness (QED) is 0.743. The number of nitrogens with one attached hydrogen (secondary N) is 1. The molecule has 2 heterocycles. The fourth-order valence-corrected chi connectivity index (χ4v) is 1.45. The summed E-state index contributed by atoms with van der Waals surface area (Å²) in [5, 5.41) is 0. The average Bonchev–Trinajstić information content (AvgIpc) is 2.68. The number of rotatable bonds is 1. The topological polar surface area (TPSA) is 72.7 Å². The van der Waals surface area contributed by atoms with Crippen LogP contribution in [0.5, 0.6) is 0 Å². The number of fused-ring (bicyclic) bond motifs is 1. The molecule has 1 N–H and O–H groups in total. The van der Waals surface area contributed by atoms with Crippen LogP contribution in [0, 0.1) is 0 Å². The summed E-state index contributed by atoms with van der Waals surface area (Å²) in [6.45, 7) is 0. The molecule has 86 valence electrons. The number of halogens is 2. The molecule has 16 heavy (non-hydrogen) atoms. The van der Waals surface area contributed by atoms with E-state index in [1.807, 2.05) is 0 Å². The van der Waals surface area contributed by atoms with Crippen molar-refractivity contribution in [2.24, 2.45) is 14.1 Å². The van der Waals surface area contributed by atoms with Gasteiger partial charge in [-0.05, 0) is 0 Å². The molecular formula is C8H8F2N4O2. The van der Waals surface area contributed by atoms with Gasteiger partial charge in [-0.15, -0.1) is 0 Å². The van der Waals surface area contributed by atoms with Crippen LogP contribution < -0.4 is 11.2 Å². The molecule has 0 saturated carbocycles. The normalized spacial score (nSPS) is 11.6. The Bertz CT molecular complexity index is 667. The summed E-state index contributed by atoms with van der Waals surface area (Å²) in [5.41, 5.74) is -1.44. The van der Waals surface area contributed by atoms with Crippen LogP contribution in [0.15, 0.2) is 9.59 Å². The van der Waals surface area contributed by atoms with Gasteiger partial charge in [0.25, 0.3) is 12.0 Å². The lowest BCUT2D eigenvalue weighted by Crippen LogP contribution is -2.36. The zero-order valence-corrected chi connectivity index (χ0v) is 8.49. The van der Waals surface area contributed by atoms with Crippen molar-refractivity contribution in [1.82, 2.24) is 19.1 Å². The molecule has 0 bridgehead atoms. The molecule has 6 nitrogen and oxygen atoms in total. The first kappa shape index (κ1) is 10.5. The van der Waals surface area contributed by atoms with Crippen LogP contribution in [-0.2, 0) is 14.1 Å². The molecule has 8 heteroatoms. The average molecular weight is 230 g/mol. The van der Waals surface area contributed by atoms with Gasteiger partial charge in [-0.2, -0.15) is 0 Å². The number of aromatic amines is 1. The first-order valence-electron chi connectivity index (χ1n) is 4.37. The van der Waals surface area contributed by atoms with Gasteiger partial charge < -0.3 is 4.98 Å². The third kappa shape index (κ3) is 1.26. The number of H-pyrrole nitrogens is 1. The highest BCUT2D eigenvalue weighted by Gasteiger charge is 2.17. The number of alkyl halides is 2. The Labute approximate surface area is 87.2 Å². The van der Waals surface area contributed by atoms with Crippen molar-refractivity contribution in [3.63, 3.8) is 0 Å². The van der Waals surface area contributed by atoms with Crippen LogP contribution in [0.1, 0.15) is 12.2 Å². The second-order valence-electron chi connectivity index (χ2n) is 3.33. The third-order valence-electron chi connectivity index (χ3n) is 2.32. The third-order valence-corrected chi connectivity index (χ3v) is 2.32. The Balaban J connectivity index is 2.98. The fourth-order valence-electron chi connectivity index (χ4n) is 1.45. The van der Waals surface area contributed by atoms with E-state index >= 15 is 0 Å². The molecule has 0 fully saturated rings. The van der Waals surface area contributed by atoms with Crippen LogP contribution >= 0.6 is 0 Å². The Morgan fingerprint density at radius 3 is 2.44 bits per heavy atom. The molecule has 0 aliphatic rings. The highest BCUT2D eigenvalue weighted by atomic mass is 19.3. The summed E-state index contributed by atoms with van der Waals surface area (Å²) in [6.07, 6.45) is -2.81. The van der Waals surface area contributed by atoms with Crippen molar-refractivity contribution >= 4 is 11.2 Å². The Morgan fingerprint density at radius 1 is 1.25 bits per heavy atom. The van der Waals surface area contributed by atoms with Crippen LogP contribution in [-0.4, -0.2) is 19.1 Å². The van der Waals surface area contributed by atoms with Crippen LogP contribution in [0.4, 0.5) is 8.78 Å². The van der Waals surface area contributed by atoms with E-state index in [1.165, 1.54) is 14.1 Å². The summed E-state index contributed by atoms with van der Waals surface area (Å²) < 4.78 is 26.6. The van der Waals surface area contributed by atoms with Gasteiger partial charge in [0.15, 0.2) is 11.5 Å². The van der Waals surface area contributed by atoms with E-state index in [4.69, 9.17) is 0 Å². The predicted octanol–water partition coefficient (Wildman–Crippen LogP) is -0.102. The molecule has 0 aliphatic heterocycles. The van der Waals surface area contributed by atoms with Gasteiger partial charge in [-0.1, -0.05) is 0 Å². The molecule has 0 unspecified atom stereocenters. The lowest BCUT2D eigenvalue weighted by Gasteiger charge is -2.00. The SMILES string of the molecule is Cn1c(=O)c2[nH]c(C(F)F)nc2n(C)c1=O. The molecule has 0 spiro atoms. The molecule has 0 amide bonds. The van der Waals surface area contributed by atoms with Crippen LogP contribution in [0.3, 0.4) is 0 Å². The molecule has 0 saturated heterocycles. The lowest BCUT2D eigenvalue weighted by atomic mass is 10.5. The standard InChI is InChI=1S/C8H8F2N4O2/c1-13-6-3(7(15)14(2)8(13)16)11-5(12-6)4(9)10/h4H,1-2H3,(H,11,12). The van der Waals surface area contributed by atoms with Gasteiger partial charge in [0.2, 0.25) is 0 Å². The van der Waals surface area contributed by atoms with Crippen LogP contribution in [0.25, 0.3) is 11.2 Å². The number of hydrogen-bond acceptors (Lipinski definition) is 3. The minimum atomic E-state index is -2.81. The molecule has 0 atom stereocenters. The Morgan fingerprint density at radius 2 is 1.88 bits per heavy atom. The smallest absolute Gasteiger partial charge is 0.331 e. The largest absolute Gasteiger partial charge is 0.332 e. The zero-order chi connectivity index (χ0) is 12.0. The van der Waals surface area contributed by atoms with Gasteiger partial charge >= 0.3 is 5.69 Å². The van der Waals surface area contributed by atoms with Gasteiger partial charge in [0.05, 0.1) is 0 Å². The minimum Gasteiger partial charge on any atom is -0.331 e. The van der Waals surface area contributed by atoms with Gasteiger partial charge in [0, 0.05) is 14.1 Å². The monoisotopic (exact) mass is 230 g/mol. The lowest BCUT2D eigenvalue weighted by molar-refractivity contribution is 0.142. The zero-order valence-electron chi connectivity index (χ0n) is 8.49. The minimum absolute atomic E-state index is 0.0663. The maximum absolute atomic E-state index is 12.4. The van der Waals surface area contributed by atoms with E-state index in [1.54, 1.807) is 0 Å². The van der Waals surface area contributed by atoms with E-state index in [9.17, 15) is 18.4 Å². The number of imidazole rings is 1. The second kappa shape index (κ2) is 3.26. The maximum Gasteiger partial charge on any atom is 0.332 e. The van der Waals surface area contributed by atoms with Crippen molar-refractivity contribution in [3.05, 3.63) is 26.7 Å². The van der Waals surface area contributed by atoms with E-state index in [0.29, 0.717) is 0 Å². The van der Waals surface area contributed by atoms with E-state index in [-0.39, 0.29) is 11.2 Å². The highest BCUT2D eigenvalue weighted by Crippen LogP contribution is 2.16. The summed E-state index contributed by atoms with van der Waals surface area (Å²) in [5.74, 6) is -0.617. The maximum atomic E-state index is 12.4. The molecule has 2 rings (SSSR count). The molecular weight excluding hydrogens is 222 g/mol. The predicted molar refractivity (Wildman–Crippen MR) is 51.5 cm³/mol. The summed E-state index contributed by atoms with van der Waals surface area (Å²) in [7, 11) is 2.63. The van der Waals surface area contributed by atoms with E-state index in [2.05, 4.69) is 9.97 Å². The second-order valence-corrected chi connectivity index (χ2v) is 3.33. The molecule has 2 aromatic rings. The number of aryl methyl sites for hydroxylation is 1. The van der Waals surface area contributed by atoms with Gasteiger partial charge in [-0.3, -0.25) is 13.9 Å². The van der Waals surface area contributed by atoms with E-state index < -0.39 is 23.5 Å². The Hall–Kier alpha value is -1.99. The van der Waals surface area contributed by atoms with Crippen molar-refractivity contribution < 1.29 is 8.78 Å². The van der Waals surface area contributed by atoms with Gasteiger partial charge in [0.1, 0.15) is 5.52 Å². The van der Waals surface area contributed by atoms with Crippen LogP contribution in [0.2, 0.25) is 0 Å². The van der Waals surface area contributed by atoms with Crippen molar-refractivity contribution in [3.8, 4) is 0 Å². The Kier molecular flexibility index (Phi) is 2.14. The van der Waals surface area contributed by atoms with Crippen molar-refractivity contribution in [2.75, 3.05) is 0 Å². The number of hydrogen-bond donors (Lipinski definition) is 1. The fraction of sp³-hybridized carbons (Fsp3) is 0.375. The first-order valence-corrected chi connectivity index (χ1v) is 4.37. The van der Waals surface area contributed by atoms with E-state index in [0.717, 1.165) is 9.13 Å². The van der Waals surface area contributed by atoms with Gasteiger partial charge in [-0.25, -0.2) is 18.6 Å². The van der Waals surface area contributed by atoms with Crippen molar-refractivity contribution in [1.29, 1.82) is 0 Å². The highest BCUT2D eigenvalue weighted by molar-refractivity contribution is 5.69. The summed E-state index contributed by atoms with van der Waals surface area (Å²) >= 11 is 0. The molecule has 0 aromatic carbocycles. The summed E-state index contributed by atoms with van der Waals surface area (Å²) in [4.78, 5) is 28.8. The van der Waals surface area contributed by atoms with Crippen molar-refractivity contribution in [2.45, 2.75) is 6.43 Å². The first-order chi connectivity index (χ1) is 7.43. The molecule has 2 aromatic heterocycles. The number of aromatic nitrogens is 4. The molecule has 0 radical (unpaired) electrons. The molecule has 0 aliphatic carbocycles. The summed E-state index contributed by atoms with van der Waals surface area (Å²) in [6, 6.07) is 0.